The molecule has 0 spiro atoms. The molecule has 1 aliphatic carbocycles. The van der Waals surface area contributed by atoms with E-state index in [1.54, 1.807) is 19.1 Å². The maximum Gasteiger partial charge on any atom is 0.322 e. The third-order valence-corrected chi connectivity index (χ3v) is 5.86. The predicted molar refractivity (Wildman–Crippen MR) is 114 cm³/mol. The van der Waals surface area contributed by atoms with Crippen LogP contribution in [0, 0.1) is 0 Å². The first-order valence-electron chi connectivity index (χ1n) is 10.3. The summed E-state index contributed by atoms with van der Waals surface area (Å²) in [7, 11) is 0. The molecule has 7 nitrogen and oxygen atoms in total. The van der Waals surface area contributed by atoms with E-state index in [4.69, 9.17) is 0 Å². The van der Waals surface area contributed by atoms with E-state index in [1.165, 1.54) is 30.4 Å². The van der Waals surface area contributed by atoms with Gasteiger partial charge in [0.2, 0.25) is 0 Å². The standard InChI is InChI=1S/C23H26N4O3/c1-23(20(28)26-22(30)27-23)18-9-5-6-15(12-18)14-24-21(29)25-19-11-10-16-7-3-2-4-8-17(16)13-19/h5-6,9-13H,2-4,7-8,14H2,1H3,(H2,24,25,29)(H2,26,27,28,30). The maximum absolute atomic E-state index is 12.4. The van der Waals surface area contributed by atoms with Crippen molar-refractivity contribution in [2.45, 2.75) is 51.1 Å². The minimum Gasteiger partial charge on any atom is -0.334 e. The SMILES string of the molecule is CC1(c2cccc(CNC(=O)Nc3ccc4c(c3)CCCCC4)c2)NC(=O)NC1=O. The zero-order chi connectivity index (χ0) is 21.1. The fourth-order valence-electron chi connectivity index (χ4n) is 4.08. The number of anilines is 1. The Morgan fingerprint density at radius 3 is 2.60 bits per heavy atom. The lowest BCUT2D eigenvalue weighted by Crippen LogP contribution is -2.40. The molecule has 2 aliphatic rings. The summed E-state index contributed by atoms with van der Waals surface area (Å²) in [6, 6.07) is 12.6. The Labute approximate surface area is 175 Å². The van der Waals surface area contributed by atoms with E-state index in [0.717, 1.165) is 24.1 Å². The van der Waals surface area contributed by atoms with Gasteiger partial charge in [0, 0.05) is 12.2 Å². The second kappa shape index (κ2) is 8.18. The Morgan fingerprint density at radius 1 is 1.03 bits per heavy atom. The number of carbonyl (C=O) groups is 3. The molecule has 30 heavy (non-hydrogen) atoms. The number of amides is 5. The Bertz CT molecular complexity index is 1000. The quantitative estimate of drug-likeness (QED) is 0.463. The van der Waals surface area contributed by atoms with Gasteiger partial charge >= 0.3 is 12.1 Å². The van der Waals surface area contributed by atoms with Gasteiger partial charge in [-0.2, -0.15) is 0 Å². The summed E-state index contributed by atoms with van der Waals surface area (Å²) in [5, 5.41) is 10.7. The number of imide groups is 1. The average molecular weight is 406 g/mol. The highest BCUT2D eigenvalue weighted by Gasteiger charge is 2.43. The summed E-state index contributed by atoms with van der Waals surface area (Å²) in [5.41, 5.74) is 3.88. The number of carbonyl (C=O) groups excluding carboxylic acids is 3. The van der Waals surface area contributed by atoms with E-state index in [2.05, 4.69) is 33.4 Å². The van der Waals surface area contributed by atoms with Crippen LogP contribution < -0.4 is 21.3 Å². The van der Waals surface area contributed by atoms with Crippen LogP contribution in [0.5, 0.6) is 0 Å². The maximum atomic E-state index is 12.4. The van der Waals surface area contributed by atoms with Crippen LogP contribution in [0.15, 0.2) is 42.5 Å². The summed E-state index contributed by atoms with van der Waals surface area (Å²) >= 11 is 0. The Kier molecular flexibility index (Phi) is 5.44. The van der Waals surface area contributed by atoms with Gasteiger partial charge in [0.25, 0.3) is 5.91 Å². The fraction of sp³-hybridized carbons (Fsp3) is 0.348. The molecule has 1 saturated heterocycles. The molecule has 1 unspecified atom stereocenters. The highest BCUT2D eigenvalue weighted by atomic mass is 16.2. The van der Waals surface area contributed by atoms with E-state index in [-0.39, 0.29) is 6.03 Å². The third-order valence-electron chi connectivity index (χ3n) is 5.86. The highest BCUT2D eigenvalue weighted by Crippen LogP contribution is 2.25. The van der Waals surface area contributed by atoms with Gasteiger partial charge in [-0.3, -0.25) is 10.1 Å². The lowest BCUT2D eigenvalue weighted by atomic mass is 9.91. The molecule has 5 amide bonds. The zero-order valence-corrected chi connectivity index (χ0v) is 17.0. The van der Waals surface area contributed by atoms with Gasteiger partial charge in [0.1, 0.15) is 5.54 Å². The molecule has 0 aromatic heterocycles. The van der Waals surface area contributed by atoms with Crippen molar-refractivity contribution in [3.05, 3.63) is 64.7 Å². The largest absolute Gasteiger partial charge is 0.334 e. The molecular formula is C23H26N4O3. The predicted octanol–water partition coefficient (Wildman–Crippen LogP) is 3.33. The number of nitrogens with one attached hydrogen (secondary N) is 4. The molecule has 1 fully saturated rings. The van der Waals surface area contributed by atoms with Crippen LogP contribution in [0.25, 0.3) is 0 Å². The minimum absolute atomic E-state index is 0.285. The molecule has 1 heterocycles. The van der Waals surface area contributed by atoms with E-state index in [1.807, 2.05) is 18.2 Å². The van der Waals surface area contributed by atoms with Crippen molar-refractivity contribution in [2.75, 3.05) is 5.32 Å². The molecule has 1 atom stereocenters. The minimum atomic E-state index is -1.11. The van der Waals surface area contributed by atoms with Crippen LogP contribution in [0.2, 0.25) is 0 Å². The molecule has 7 heteroatoms. The van der Waals surface area contributed by atoms with E-state index in [0.29, 0.717) is 12.1 Å². The number of hydrogen-bond donors (Lipinski definition) is 4. The molecular weight excluding hydrogens is 380 g/mol. The molecule has 0 saturated carbocycles. The fourth-order valence-corrected chi connectivity index (χ4v) is 4.08. The van der Waals surface area contributed by atoms with Crippen molar-refractivity contribution in [1.82, 2.24) is 16.0 Å². The van der Waals surface area contributed by atoms with Crippen molar-refractivity contribution in [3.8, 4) is 0 Å². The summed E-state index contributed by atoms with van der Waals surface area (Å²) in [4.78, 5) is 36.0. The number of aryl methyl sites for hydroxylation is 2. The number of fused-ring (bicyclic) bond motifs is 1. The molecule has 0 radical (unpaired) electrons. The lowest BCUT2D eigenvalue weighted by molar-refractivity contribution is -0.123. The van der Waals surface area contributed by atoms with Crippen LogP contribution in [0.3, 0.4) is 0 Å². The van der Waals surface area contributed by atoms with Crippen LogP contribution in [0.4, 0.5) is 15.3 Å². The molecule has 4 rings (SSSR count). The van der Waals surface area contributed by atoms with E-state index >= 15 is 0 Å². The first kappa shape index (κ1) is 19.9. The van der Waals surface area contributed by atoms with Crippen LogP contribution in [0.1, 0.15) is 48.4 Å². The highest BCUT2D eigenvalue weighted by molar-refractivity contribution is 6.07. The Balaban J connectivity index is 1.38. The average Bonchev–Trinajstić information content (AvgIpc) is 2.88. The van der Waals surface area contributed by atoms with Crippen LogP contribution in [-0.4, -0.2) is 18.0 Å². The van der Waals surface area contributed by atoms with Crippen molar-refractivity contribution in [1.29, 1.82) is 0 Å². The van der Waals surface area contributed by atoms with Crippen molar-refractivity contribution < 1.29 is 14.4 Å². The summed E-state index contributed by atoms with van der Waals surface area (Å²) in [5.74, 6) is -0.390. The van der Waals surface area contributed by atoms with Crippen molar-refractivity contribution >= 4 is 23.7 Å². The molecule has 2 aromatic carbocycles. The van der Waals surface area contributed by atoms with Gasteiger partial charge in [0.05, 0.1) is 0 Å². The van der Waals surface area contributed by atoms with Gasteiger partial charge in [-0.05, 0) is 67.0 Å². The summed E-state index contributed by atoms with van der Waals surface area (Å²) < 4.78 is 0. The second-order valence-corrected chi connectivity index (χ2v) is 8.09. The van der Waals surface area contributed by atoms with Crippen molar-refractivity contribution in [3.63, 3.8) is 0 Å². The molecule has 156 valence electrons. The smallest absolute Gasteiger partial charge is 0.322 e. The topological polar surface area (TPSA) is 99.3 Å². The summed E-state index contributed by atoms with van der Waals surface area (Å²) in [6.07, 6.45) is 5.83. The Morgan fingerprint density at radius 2 is 1.83 bits per heavy atom. The Hall–Kier alpha value is -3.35. The zero-order valence-electron chi connectivity index (χ0n) is 17.0. The van der Waals surface area contributed by atoms with Gasteiger partial charge in [-0.1, -0.05) is 36.8 Å². The third kappa shape index (κ3) is 4.15. The van der Waals surface area contributed by atoms with Gasteiger partial charge in [0.15, 0.2) is 0 Å². The number of benzene rings is 2. The van der Waals surface area contributed by atoms with Gasteiger partial charge in [-0.15, -0.1) is 0 Å². The van der Waals surface area contributed by atoms with Gasteiger partial charge < -0.3 is 16.0 Å². The first-order valence-corrected chi connectivity index (χ1v) is 10.3. The summed E-state index contributed by atoms with van der Waals surface area (Å²) in [6.45, 7) is 1.96. The van der Waals surface area contributed by atoms with Gasteiger partial charge in [-0.25, -0.2) is 9.59 Å². The van der Waals surface area contributed by atoms with E-state index in [9.17, 15) is 14.4 Å². The van der Waals surface area contributed by atoms with Crippen LogP contribution in [-0.2, 0) is 29.7 Å². The molecule has 1 aliphatic heterocycles. The number of hydrogen-bond acceptors (Lipinski definition) is 3. The lowest BCUT2D eigenvalue weighted by Gasteiger charge is -2.21. The van der Waals surface area contributed by atoms with Crippen LogP contribution >= 0.6 is 0 Å². The normalized spacial score (nSPS) is 20.6. The number of rotatable bonds is 4. The molecule has 4 N–H and O–H groups in total. The van der Waals surface area contributed by atoms with E-state index < -0.39 is 17.5 Å². The second-order valence-electron chi connectivity index (χ2n) is 8.09. The van der Waals surface area contributed by atoms with Crippen molar-refractivity contribution in [2.24, 2.45) is 0 Å². The monoisotopic (exact) mass is 406 g/mol. The first-order chi connectivity index (χ1) is 14.4. The molecule has 0 bridgehead atoms. The number of urea groups is 2. The molecule has 2 aromatic rings.